The van der Waals surface area contributed by atoms with Crippen LogP contribution in [-0.4, -0.2) is 5.11 Å². The van der Waals surface area contributed by atoms with E-state index in [1.165, 1.54) is 5.56 Å². The molecule has 0 aromatic heterocycles. The third-order valence-corrected chi connectivity index (χ3v) is 4.27. The summed E-state index contributed by atoms with van der Waals surface area (Å²) in [5.41, 5.74) is 2.45. The molecular weight excluding hydrogens is 260 g/mol. The first kappa shape index (κ1) is 14.2. The van der Waals surface area contributed by atoms with Gasteiger partial charge >= 0.3 is 0 Å². The van der Waals surface area contributed by atoms with Gasteiger partial charge in [-0.15, -0.1) is 0 Å². The van der Waals surface area contributed by atoms with Gasteiger partial charge in [-0.05, 0) is 60.1 Å². The van der Waals surface area contributed by atoms with Gasteiger partial charge in [0.1, 0.15) is 11.5 Å². The first-order valence-corrected chi connectivity index (χ1v) is 7.57. The zero-order valence-corrected chi connectivity index (χ0v) is 12.7. The molecule has 0 radical (unpaired) electrons. The van der Waals surface area contributed by atoms with Crippen LogP contribution >= 0.6 is 0 Å². The second-order valence-corrected chi connectivity index (χ2v) is 6.66. The Bertz CT molecular complexity index is 617. The lowest BCUT2D eigenvalue weighted by molar-refractivity contribution is 0.116. The molecule has 2 aromatic carbocycles. The quantitative estimate of drug-likeness (QED) is 0.796. The van der Waals surface area contributed by atoms with Crippen molar-refractivity contribution in [2.24, 2.45) is 5.41 Å². The van der Waals surface area contributed by atoms with Gasteiger partial charge in [-0.3, -0.25) is 0 Å². The maximum Gasteiger partial charge on any atom is 0.127 e. The highest BCUT2D eigenvalue weighted by Gasteiger charge is 2.28. The second kappa shape index (κ2) is 5.53. The van der Waals surface area contributed by atoms with Crippen LogP contribution in [0.3, 0.4) is 0 Å². The van der Waals surface area contributed by atoms with Gasteiger partial charge in [-0.1, -0.05) is 38.1 Å². The number of aliphatic hydroxyl groups is 1. The molecule has 0 saturated heterocycles. The number of para-hydroxylation sites is 1. The molecule has 0 aliphatic heterocycles. The SMILES string of the molecule is CC1(C)CCc2ccc(Oc3ccccc3)cc2C(O)C1. The van der Waals surface area contributed by atoms with E-state index in [0.29, 0.717) is 0 Å². The van der Waals surface area contributed by atoms with Crippen LogP contribution in [0.1, 0.15) is 43.9 Å². The maximum atomic E-state index is 10.5. The summed E-state index contributed by atoms with van der Waals surface area (Å²) in [7, 11) is 0. The second-order valence-electron chi connectivity index (χ2n) is 6.66. The van der Waals surface area contributed by atoms with E-state index in [1.807, 2.05) is 42.5 Å². The summed E-state index contributed by atoms with van der Waals surface area (Å²) in [5.74, 6) is 1.61. The van der Waals surface area contributed by atoms with Crippen molar-refractivity contribution in [1.29, 1.82) is 0 Å². The van der Waals surface area contributed by atoms with Crippen molar-refractivity contribution in [3.05, 3.63) is 59.7 Å². The number of fused-ring (bicyclic) bond motifs is 1. The predicted octanol–water partition coefficient (Wildman–Crippen LogP) is 4.87. The molecule has 21 heavy (non-hydrogen) atoms. The Labute approximate surface area is 126 Å². The maximum absolute atomic E-state index is 10.5. The van der Waals surface area contributed by atoms with E-state index in [-0.39, 0.29) is 5.41 Å². The molecule has 2 heteroatoms. The van der Waals surface area contributed by atoms with E-state index in [4.69, 9.17) is 4.74 Å². The Kier molecular flexibility index (Phi) is 3.73. The van der Waals surface area contributed by atoms with Gasteiger partial charge in [0.05, 0.1) is 6.10 Å². The summed E-state index contributed by atoms with van der Waals surface area (Å²) in [4.78, 5) is 0. The molecule has 0 spiro atoms. The monoisotopic (exact) mass is 282 g/mol. The lowest BCUT2D eigenvalue weighted by Crippen LogP contribution is -2.13. The number of hydrogen-bond donors (Lipinski definition) is 1. The molecule has 1 aliphatic carbocycles. The molecule has 2 nitrogen and oxygen atoms in total. The van der Waals surface area contributed by atoms with Crippen LogP contribution in [0.4, 0.5) is 0 Å². The first-order chi connectivity index (χ1) is 10.0. The number of hydrogen-bond acceptors (Lipinski definition) is 2. The zero-order chi connectivity index (χ0) is 14.9. The predicted molar refractivity (Wildman–Crippen MR) is 84.6 cm³/mol. The van der Waals surface area contributed by atoms with Crippen molar-refractivity contribution in [2.45, 2.75) is 39.2 Å². The summed E-state index contributed by atoms with van der Waals surface area (Å²) >= 11 is 0. The minimum atomic E-state index is -0.406. The molecule has 1 atom stereocenters. The van der Waals surface area contributed by atoms with Crippen molar-refractivity contribution in [3.63, 3.8) is 0 Å². The van der Waals surface area contributed by atoms with Crippen LogP contribution in [0.15, 0.2) is 48.5 Å². The zero-order valence-electron chi connectivity index (χ0n) is 12.7. The average Bonchev–Trinajstić information content (AvgIpc) is 2.57. The van der Waals surface area contributed by atoms with E-state index >= 15 is 0 Å². The Balaban J connectivity index is 1.88. The smallest absolute Gasteiger partial charge is 0.127 e. The minimum absolute atomic E-state index is 0.179. The Morgan fingerprint density at radius 3 is 2.57 bits per heavy atom. The van der Waals surface area contributed by atoms with Crippen molar-refractivity contribution in [3.8, 4) is 11.5 Å². The highest BCUT2D eigenvalue weighted by Crippen LogP contribution is 2.40. The highest BCUT2D eigenvalue weighted by molar-refractivity contribution is 5.40. The first-order valence-electron chi connectivity index (χ1n) is 7.57. The fourth-order valence-electron chi connectivity index (χ4n) is 3.01. The molecule has 0 bridgehead atoms. The number of rotatable bonds is 2. The number of ether oxygens (including phenoxy) is 1. The molecular formula is C19H22O2. The van der Waals surface area contributed by atoms with Crippen LogP contribution in [0, 0.1) is 5.41 Å². The lowest BCUT2D eigenvalue weighted by atomic mass is 9.84. The molecule has 0 amide bonds. The molecule has 0 heterocycles. The molecule has 2 aromatic rings. The van der Waals surface area contributed by atoms with Crippen molar-refractivity contribution >= 4 is 0 Å². The molecule has 1 unspecified atom stereocenters. The molecule has 0 fully saturated rings. The van der Waals surface area contributed by atoms with E-state index in [9.17, 15) is 5.11 Å². The van der Waals surface area contributed by atoms with Crippen LogP contribution in [0.2, 0.25) is 0 Å². The standard InChI is InChI=1S/C19H22O2/c1-19(2)11-10-14-8-9-16(12-17(14)18(20)13-19)21-15-6-4-3-5-7-15/h3-9,12,18,20H,10-11,13H2,1-2H3. The van der Waals surface area contributed by atoms with Crippen LogP contribution < -0.4 is 4.74 Å². The summed E-state index contributed by atoms with van der Waals surface area (Å²) < 4.78 is 5.87. The lowest BCUT2D eigenvalue weighted by Gasteiger charge is -2.24. The fourth-order valence-corrected chi connectivity index (χ4v) is 3.01. The van der Waals surface area contributed by atoms with Gasteiger partial charge in [0, 0.05) is 0 Å². The number of aliphatic hydroxyl groups excluding tert-OH is 1. The Morgan fingerprint density at radius 1 is 1.05 bits per heavy atom. The summed E-state index contributed by atoms with van der Waals surface area (Å²) in [6.07, 6.45) is 2.52. The van der Waals surface area contributed by atoms with Gasteiger partial charge in [0.15, 0.2) is 0 Å². The number of benzene rings is 2. The summed E-state index contributed by atoms with van der Waals surface area (Å²) in [6, 6.07) is 15.8. The van der Waals surface area contributed by atoms with Crippen LogP contribution in [-0.2, 0) is 6.42 Å². The third-order valence-electron chi connectivity index (χ3n) is 4.27. The molecule has 0 saturated carbocycles. The van der Waals surface area contributed by atoms with Gasteiger partial charge < -0.3 is 9.84 Å². The fraction of sp³-hybridized carbons (Fsp3) is 0.368. The van der Waals surface area contributed by atoms with Crippen LogP contribution in [0.25, 0.3) is 0 Å². The van der Waals surface area contributed by atoms with Crippen LogP contribution in [0.5, 0.6) is 11.5 Å². The number of aryl methyl sites for hydroxylation is 1. The third kappa shape index (κ3) is 3.27. The molecule has 3 rings (SSSR count). The van der Waals surface area contributed by atoms with Gasteiger partial charge in [-0.25, -0.2) is 0 Å². The van der Waals surface area contributed by atoms with Crippen molar-refractivity contribution < 1.29 is 9.84 Å². The van der Waals surface area contributed by atoms with Crippen molar-refractivity contribution in [2.75, 3.05) is 0 Å². The van der Waals surface area contributed by atoms with E-state index in [2.05, 4.69) is 19.9 Å². The topological polar surface area (TPSA) is 29.5 Å². The van der Waals surface area contributed by atoms with Gasteiger partial charge in [0.2, 0.25) is 0 Å². The largest absolute Gasteiger partial charge is 0.457 e. The van der Waals surface area contributed by atoms with E-state index < -0.39 is 6.10 Å². The average molecular weight is 282 g/mol. The normalized spacial score (nSPS) is 20.4. The molecule has 110 valence electrons. The Morgan fingerprint density at radius 2 is 1.81 bits per heavy atom. The van der Waals surface area contributed by atoms with Crippen molar-refractivity contribution in [1.82, 2.24) is 0 Å². The molecule has 1 N–H and O–H groups in total. The van der Waals surface area contributed by atoms with E-state index in [0.717, 1.165) is 36.3 Å². The van der Waals surface area contributed by atoms with E-state index in [1.54, 1.807) is 0 Å². The van der Waals surface area contributed by atoms with Gasteiger partial charge in [-0.2, -0.15) is 0 Å². The minimum Gasteiger partial charge on any atom is -0.457 e. The Hall–Kier alpha value is -1.80. The molecule has 1 aliphatic rings. The summed E-state index contributed by atoms with van der Waals surface area (Å²) in [6.45, 7) is 4.45. The van der Waals surface area contributed by atoms with Gasteiger partial charge in [0.25, 0.3) is 0 Å². The summed E-state index contributed by atoms with van der Waals surface area (Å²) in [5, 5.41) is 10.5. The highest BCUT2D eigenvalue weighted by atomic mass is 16.5.